The van der Waals surface area contributed by atoms with Crippen LogP contribution in [0.5, 0.6) is 5.75 Å². The van der Waals surface area contributed by atoms with Gasteiger partial charge in [-0.3, -0.25) is 0 Å². The molecule has 104 valence electrons. The lowest BCUT2D eigenvalue weighted by molar-refractivity contribution is 0.0653. The summed E-state index contributed by atoms with van der Waals surface area (Å²) >= 11 is 3.43. The van der Waals surface area contributed by atoms with E-state index in [9.17, 15) is 5.11 Å². The van der Waals surface area contributed by atoms with Crippen LogP contribution in [0, 0.1) is 0 Å². The summed E-state index contributed by atoms with van der Waals surface area (Å²) in [6.45, 7) is 2.14. The predicted octanol–water partition coefficient (Wildman–Crippen LogP) is 4.57. The molecule has 0 radical (unpaired) electrons. The third-order valence-electron chi connectivity index (χ3n) is 3.82. The van der Waals surface area contributed by atoms with Crippen LogP contribution in [0.4, 0.5) is 0 Å². The van der Waals surface area contributed by atoms with Gasteiger partial charge in [-0.1, -0.05) is 47.1 Å². The van der Waals surface area contributed by atoms with Gasteiger partial charge in [-0.15, -0.1) is 0 Å². The van der Waals surface area contributed by atoms with Crippen LogP contribution >= 0.6 is 15.9 Å². The molecule has 2 nitrogen and oxygen atoms in total. The Morgan fingerprint density at radius 1 is 1.20 bits per heavy atom. The van der Waals surface area contributed by atoms with E-state index in [1.54, 1.807) is 0 Å². The highest BCUT2D eigenvalue weighted by Crippen LogP contribution is 2.42. The Bertz CT molecular complexity index is 624. The fourth-order valence-electron chi connectivity index (χ4n) is 2.78. The Hall–Kier alpha value is -1.32. The molecule has 3 rings (SSSR count). The summed E-state index contributed by atoms with van der Waals surface area (Å²) in [7, 11) is 0. The highest BCUT2D eigenvalue weighted by Gasteiger charge is 2.29. The number of aryl methyl sites for hydroxylation is 1. The van der Waals surface area contributed by atoms with Crippen LogP contribution in [-0.2, 0) is 6.42 Å². The van der Waals surface area contributed by atoms with Crippen molar-refractivity contribution in [3.8, 4) is 5.75 Å². The number of halogens is 1. The Morgan fingerprint density at radius 3 is 2.80 bits per heavy atom. The number of rotatable bonds is 2. The Balaban J connectivity index is 1.97. The van der Waals surface area contributed by atoms with E-state index >= 15 is 0 Å². The smallest absolute Gasteiger partial charge is 0.127 e. The molecule has 0 amide bonds. The van der Waals surface area contributed by atoms with Gasteiger partial charge in [-0.05, 0) is 35.7 Å². The second-order valence-electron chi connectivity index (χ2n) is 5.09. The van der Waals surface area contributed by atoms with Gasteiger partial charge in [0.1, 0.15) is 11.9 Å². The molecule has 0 aromatic heterocycles. The van der Waals surface area contributed by atoms with Gasteiger partial charge in [-0.2, -0.15) is 0 Å². The van der Waals surface area contributed by atoms with Crippen molar-refractivity contribution in [2.45, 2.75) is 32.0 Å². The summed E-state index contributed by atoms with van der Waals surface area (Å²) in [5.41, 5.74) is 3.33. The van der Waals surface area contributed by atoms with Gasteiger partial charge < -0.3 is 9.84 Å². The maximum absolute atomic E-state index is 10.4. The van der Waals surface area contributed by atoms with Crippen molar-refractivity contribution in [1.29, 1.82) is 0 Å². The molecule has 1 aliphatic rings. The van der Waals surface area contributed by atoms with E-state index in [0.29, 0.717) is 6.42 Å². The van der Waals surface area contributed by atoms with Crippen molar-refractivity contribution in [2.75, 3.05) is 0 Å². The summed E-state index contributed by atoms with van der Waals surface area (Å²) in [6, 6.07) is 14.1. The van der Waals surface area contributed by atoms with Crippen LogP contribution in [0.2, 0.25) is 0 Å². The SMILES string of the molecule is CCc1ccccc1C1C[C@H](O)c2cc(Br)ccc2O1. The molecule has 2 aromatic rings. The zero-order chi connectivity index (χ0) is 14.1. The molecule has 0 spiro atoms. The Labute approximate surface area is 127 Å². The van der Waals surface area contributed by atoms with Crippen LogP contribution in [0.25, 0.3) is 0 Å². The number of aliphatic hydroxyl groups is 1. The third-order valence-corrected chi connectivity index (χ3v) is 4.31. The summed E-state index contributed by atoms with van der Waals surface area (Å²) in [5.74, 6) is 0.780. The molecule has 0 aliphatic carbocycles. The lowest BCUT2D eigenvalue weighted by Gasteiger charge is -2.31. The van der Waals surface area contributed by atoms with E-state index in [4.69, 9.17) is 4.74 Å². The topological polar surface area (TPSA) is 29.5 Å². The summed E-state index contributed by atoms with van der Waals surface area (Å²) in [4.78, 5) is 0. The lowest BCUT2D eigenvalue weighted by atomic mass is 9.92. The largest absolute Gasteiger partial charge is 0.485 e. The van der Waals surface area contributed by atoms with Crippen molar-refractivity contribution in [3.05, 3.63) is 63.6 Å². The molecule has 2 atom stereocenters. The predicted molar refractivity (Wildman–Crippen MR) is 82.9 cm³/mol. The molecule has 1 aliphatic heterocycles. The quantitative estimate of drug-likeness (QED) is 0.872. The van der Waals surface area contributed by atoms with Crippen molar-refractivity contribution < 1.29 is 9.84 Å². The third kappa shape index (κ3) is 2.48. The first kappa shape index (κ1) is 13.7. The van der Waals surface area contributed by atoms with E-state index in [-0.39, 0.29) is 6.10 Å². The van der Waals surface area contributed by atoms with Gasteiger partial charge in [0.25, 0.3) is 0 Å². The van der Waals surface area contributed by atoms with Gasteiger partial charge >= 0.3 is 0 Å². The van der Waals surface area contributed by atoms with Crippen molar-refractivity contribution >= 4 is 15.9 Å². The van der Waals surface area contributed by atoms with E-state index in [2.05, 4.69) is 35.0 Å². The molecule has 1 unspecified atom stereocenters. The monoisotopic (exact) mass is 332 g/mol. The van der Waals surface area contributed by atoms with Crippen LogP contribution in [0.15, 0.2) is 46.9 Å². The normalized spacial score (nSPS) is 21.1. The van der Waals surface area contributed by atoms with Crippen molar-refractivity contribution in [2.24, 2.45) is 0 Å². The molecule has 1 heterocycles. The molecule has 0 fully saturated rings. The van der Waals surface area contributed by atoms with Gasteiger partial charge in [0, 0.05) is 16.5 Å². The van der Waals surface area contributed by atoms with E-state index in [1.807, 2.05) is 30.3 Å². The number of ether oxygens (including phenoxy) is 1. The summed E-state index contributed by atoms with van der Waals surface area (Å²) in [6.07, 6.45) is 1.01. The lowest BCUT2D eigenvalue weighted by Crippen LogP contribution is -2.20. The standard InChI is InChI=1S/C17H17BrO2/c1-2-11-5-3-4-6-13(11)17-10-15(19)14-9-12(18)7-8-16(14)20-17/h3-9,15,17,19H,2,10H2,1H3/t15-,17?/m0/s1. The molecule has 3 heteroatoms. The van der Waals surface area contributed by atoms with Crippen LogP contribution in [-0.4, -0.2) is 5.11 Å². The highest BCUT2D eigenvalue weighted by molar-refractivity contribution is 9.10. The number of aliphatic hydroxyl groups excluding tert-OH is 1. The zero-order valence-corrected chi connectivity index (χ0v) is 12.9. The fourth-order valence-corrected chi connectivity index (χ4v) is 3.16. The van der Waals surface area contributed by atoms with Crippen molar-refractivity contribution in [3.63, 3.8) is 0 Å². The fraction of sp³-hybridized carbons (Fsp3) is 0.294. The minimum atomic E-state index is -0.480. The van der Waals surface area contributed by atoms with Crippen LogP contribution in [0.3, 0.4) is 0 Å². The molecular formula is C17H17BrO2. The molecule has 0 saturated heterocycles. The molecule has 1 N–H and O–H groups in total. The maximum atomic E-state index is 10.4. The van der Waals surface area contributed by atoms with E-state index < -0.39 is 6.10 Å². The summed E-state index contributed by atoms with van der Waals surface area (Å²) in [5, 5.41) is 10.4. The van der Waals surface area contributed by atoms with Crippen molar-refractivity contribution in [1.82, 2.24) is 0 Å². The maximum Gasteiger partial charge on any atom is 0.127 e. The first-order valence-corrected chi connectivity index (χ1v) is 7.70. The second-order valence-corrected chi connectivity index (χ2v) is 6.01. The van der Waals surface area contributed by atoms with Crippen LogP contribution < -0.4 is 4.74 Å². The van der Waals surface area contributed by atoms with Crippen LogP contribution in [0.1, 0.15) is 42.2 Å². The zero-order valence-electron chi connectivity index (χ0n) is 11.3. The van der Waals surface area contributed by atoms with Gasteiger partial charge in [0.2, 0.25) is 0 Å². The first-order chi connectivity index (χ1) is 9.69. The number of benzene rings is 2. The minimum Gasteiger partial charge on any atom is -0.485 e. The molecule has 0 saturated carbocycles. The van der Waals surface area contributed by atoms with Gasteiger partial charge in [0.05, 0.1) is 6.10 Å². The summed E-state index contributed by atoms with van der Waals surface area (Å²) < 4.78 is 7.07. The van der Waals surface area contributed by atoms with E-state index in [0.717, 1.165) is 22.2 Å². The van der Waals surface area contributed by atoms with E-state index in [1.165, 1.54) is 11.1 Å². The van der Waals surface area contributed by atoms with Gasteiger partial charge in [-0.25, -0.2) is 0 Å². The molecule has 2 aromatic carbocycles. The average Bonchev–Trinajstić information content (AvgIpc) is 2.47. The minimum absolute atomic E-state index is 0.0742. The Morgan fingerprint density at radius 2 is 2.00 bits per heavy atom. The number of fused-ring (bicyclic) bond motifs is 1. The number of hydrogen-bond acceptors (Lipinski definition) is 2. The first-order valence-electron chi connectivity index (χ1n) is 6.91. The number of hydrogen-bond donors (Lipinski definition) is 1. The molecule has 20 heavy (non-hydrogen) atoms. The average molecular weight is 333 g/mol. The molecule has 0 bridgehead atoms. The highest BCUT2D eigenvalue weighted by atomic mass is 79.9. The Kier molecular flexibility index (Phi) is 3.81. The molecular weight excluding hydrogens is 316 g/mol. The van der Waals surface area contributed by atoms with Gasteiger partial charge in [0.15, 0.2) is 0 Å². The second kappa shape index (κ2) is 5.58.